The molecule has 0 atom stereocenters. The summed E-state index contributed by atoms with van der Waals surface area (Å²) in [4.78, 5) is 15.5. The molecule has 96 valence electrons. The lowest BCUT2D eigenvalue weighted by molar-refractivity contribution is -0.120. The molecule has 0 spiro atoms. The Hall–Kier alpha value is -1.27. The molecule has 0 saturated heterocycles. The molecule has 0 aliphatic heterocycles. The van der Waals surface area contributed by atoms with Crippen molar-refractivity contribution in [3.63, 3.8) is 0 Å². The maximum Gasteiger partial charge on any atom is 0.220 e. The summed E-state index contributed by atoms with van der Waals surface area (Å²) in [7, 11) is 0. The van der Waals surface area contributed by atoms with E-state index in [1.807, 2.05) is 6.20 Å². The van der Waals surface area contributed by atoms with Gasteiger partial charge in [-0.3, -0.25) is 4.79 Å². The number of carbonyl (C=O) groups is 1. The molecule has 7 heteroatoms. The minimum Gasteiger partial charge on any atom is -0.356 e. The first-order valence-corrected chi connectivity index (χ1v) is 6.57. The Morgan fingerprint density at radius 1 is 1.50 bits per heavy atom. The van der Waals surface area contributed by atoms with Crippen LogP contribution >= 0.6 is 24.2 Å². The smallest absolute Gasteiger partial charge is 0.220 e. The standard InChI is InChI=1S/C11H13ClN4OS/c12-9-6-15-16-7-8(5-14-11(9)16)1-3-13-10(17)2-4-18/h5-7,18H,1-4H2,(H,13,17). The first-order valence-electron chi connectivity index (χ1n) is 5.56. The molecule has 5 nitrogen and oxygen atoms in total. The van der Waals surface area contributed by atoms with Crippen LogP contribution in [0.5, 0.6) is 0 Å². The third-order valence-corrected chi connectivity index (χ3v) is 2.93. The largest absolute Gasteiger partial charge is 0.356 e. The third kappa shape index (κ3) is 3.14. The van der Waals surface area contributed by atoms with Crippen LogP contribution in [0.25, 0.3) is 5.65 Å². The second-order valence-corrected chi connectivity index (χ2v) is 4.65. The Bertz CT molecular complexity index is 557. The quantitative estimate of drug-likeness (QED) is 0.815. The van der Waals surface area contributed by atoms with Gasteiger partial charge in [-0.1, -0.05) is 11.6 Å². The summed E-state index contributed by atoms with van der Waals surface area (Å²) in [5.41, 5.74) is 1.63. The molecule has 0 aliphatic carbocycles. The van der Waals surface area contributed by atoms with Gasteiger partial charge in [0.05, 0.1) is 6.20 Å². The molecular weight excluding hydrogens is 272 g/mol. The van der Waals surface area contributed by atoms with Gasteiger partial charge in [0.1, 0.15) is 5.02 Å². The van der Waals surface area contributed by atoms with E-state index in [0.29, 0.717) is 35.8 Å². The second-order valence-electron chi connectivity index (χ2n) is 3.80. The number of carbonyl (C=O) groups excluding carboxylic acids is 1. The minimum absolute atomic E-state index is 0.0150. The van der Waals surface area contributed by atoms with E-state index in [-0.39, 0.29) is 5.91 Å². The van der Waals surface area contributed by atoms with Crippen LogP contribution in [0.1, 0.15) is 12.0 Å². The molecule has 0 fully saturated rings. The van der Waals surface area contributed by atoms with E-state index in [2.05, 4.69) is 28.0 Å². The molecule has 1 amide bonds. The van der Waals surface area contributed by atoms with Crippen LogP contribution in [0.2, 0.25) is 5.02 Å². The highest BCUT2D eigenvalue weighted by atomic mass is 35.5. The van der Waals surface area contributed by atoms with Crippen molar-refractivity contribution in [2.75, 3.05) is 12.3 Å². The summed E-state index contributed by atoms with van der Waals surface area (Å²) in [6.45, 7) is 0.578. The van der Waals surface area contributed by atoms with E-state index in [0.717, 1.165) is 5.56 Å². The van der Waals surface area contributed by atoms with Crippen molar-refractivity contribution in [2.24, 2.45) is 0 Å². The number of halogens is 1. The molecule has 0 radical (unpaired) electrons. The van der Waals surface area contributed by atoms with Crippen LogP contribution in [0, 0.1) is 0 Å². The van der Waals surface area contributed by atoms with Crippen LogP contribution in [0.3, 0.4) is 0 Å². The van der Waals surface area contributed by atoms with Gasteiger partial charge in [0, 0.05) is 25.4 Å². The van der Waals surface area contributed by atoms with Gasteiger partial charge in [-0.25, -0.2) is 9.50 Å². The van der Waals surface area contributed by atoms with Gasteiger partial charge < -0.3 is 5.32 Å². The van der Waals surface area contributed by atoms with Crippen LogP contribution in [-0.4, -0.2) is 32.8 Å². The summed E-state index contributed by atoms with van der Waals surface area (Å²) in [5.74, 6) is 0.576. The van der Waals surface area contributed by atoms with E-state index in [1.165, 1.54) is 0 Å². The average Bonchev–Trinajstić information content (AvgIpc) is 2.71. The molecule has 2 aromatic heterocycles. The molecule has 18 heavy (non-hydrogen) atoms. The topological polar surface area (TPSA) is 59.3 Å². The lowest BCUT2D eigenvalue weighted by Gasteiger charge is -2.04. The summed E-state index contributed by atoms with van der Waals surface area (Å²) in [6, 6.07) is 0. The number of aromatic nitrogens is 3. The molecular formula is C11H13ClN4OS. The predicted molar refractivity (Wildman–Crippen MR) is 73.2 cm³/mol. The van der Waals surface area contributed by atoms with Crippen LogP contribution in [0.4, 0.5) is 0 Å². The highest BCUT2D eigenvalue weighted by Gasteiger charge is 2.04. The van der Waals surface area contributed by atoms with E-state index in [1.54, 1.807) is 16.9 Å². The van der Waals surface area contributed by atoms with Gasteiger partial charge in [-0.15, -0.1) is 0 Å². The van der Waals surface area contributed by atoms with Gasteiger partial charge in [0.2, 0.25) is 5.91 Å². The zero-order chi connectivity index (χ0) is 13.0. The van der Waals surface area contributed by atoms with Crippen LogP contribution in [-0.2, 0) is 11.2 Å². The Balaban J connectivity index is 1.94. The fourth-order valence-corrected chi connectivity index (χ4v) is 1.93. The van der Waals surface area contributed by atoms with E-state index < -0.39 is 0 Å². The van der Waals surface area contributed by atoms with E-state index in [4.69, 9.17) is 11.6 Å². The maximum absolute atomic E-state index is 11.2. The molecule has 2 rings (SSSR count). The fraction of sp³-hybridized carbons (Fsp3) is 0.364. The molecule has 1 N–H and O–H groups in total. The maximum atomic E-state index is 11.2. The number of fused-ring (bicyclic) bond motifs is 1. The number of hydrogen-bond acceptors (Lipinski definition) is 4. The summed E-state index contributed by atoms with van der Waals surface area (Å²) < 4.78 is 1.63. The first-order chi connectivity index (χ1) is 8.70. The zero-order valence-corrected chi connectivity index (χ0v) is 11.3. The van der Waals surface area contributed by atoms with Crippen molar-refractivity contribution in [3.05, 3.63) is 29.2 Å². The minimum atomic E-state index is 0.0150. The van der Waals surface area contributed by atoms with Crippen molar-refractivity contribution < 1.29 is 4.79 Å². The lowest BCUT2D eigenvalue weighted by atomic mass is 10.2. The SMILES string of the molecule is O=C(CCS)NCCc1cnc2c(Cl)cnn2c1. The van der Waals surface area contributed by atoms with Crippen molar-refractivity contribution in [3.8, 4) is 0 Å². The summed E-state index contributed by atoms with van der Waals surface area (Å²) >= 11 is 9.90. The molecule has 0 unspecified atom stereocenters. The number of nitrogens with one attached hydrogen (secondary N) is 1. The number of thiol groups is 1. The molecule has 0 bridgehead atoms. The average molecular weight is 285 g/mol. The van der Waals surface area contributed by atoms with E-state index >= 15 is 0 Å². The predicted octanol–water partition coefficient (Wildman–Crippen LogP) is 1.36. The molecule has 0 aromatic carbocycles. The monoisotopic (exact) mass is 284 g/mol. The fourth-order valence-electron chi connectivity index (χ4n) is 1.55. The van der Waals surface area contributed by atoms with Crippen LogP contribution in [0.15, 0.2) is 18.6 Å². The van der Waals surface area contributed by atoms with Crippen LogP contribution < -0.4 is 5.32 Å². The third-order valence-electron chi connectivity index (χ3n) is 2.44. The number of nitrogens with zero attached hydrogens (tertiary/aromatic N) is 3. The van der Waals surface area contributed by atoms with E-state index in [9.17, 15) is 4.79 Å². The Kier molecular flexibility index (Phi) is 4.43. The summed E-state index contributed by atoms with van der Waals surface area (Å²) in [6.07, 6.45) is 6.31. The number of rotatable bonds is 5. The molecule has 2 heterocycles. The zero-order valence-electron chi connectivity index (χ0n) is 9.64. The van der Waals surface area contributed by atoms with Crippen molar-refractivity contribution in [1.82, 2.24) is 19.9 Å². The highest BCUT2D eigenvalue weighted by molar-refractivity contribution is 7.80. The van der Waals surface area contributed by atoms with Gasteiger partial charge in [0.25, 0.3) is 0 Å². The molecule has 0 saturated carbocycles. The van der Waals surface area contributed by atoms with Gasteiger partial charge >= 0.3 is 0 Å². The molecule has 2 aromatic rings. The van der Waals surface area contributed by atoms with Gasteiger partial charge in [0.15, 0.2) is 5.65 Å². The second kappa shape index (κ2) is 6.06. The number of amides is 1. The Morgan fingerprint density at radius 2 is 2.33 bits per heavy atom. The highest BCUT2D eigenvalue weighted by Crippen LogP contribution is 2.13. The Labute approximate surface area is 115 Å². The van der Waals surface area contributed by atoms with Gasteiger partial charge in [-0.05, 0) is 17.7 Å². The van der Waals surface area contributed by atoms with Crippen molar-refractivity contribution in [2.45, 2.75) is 12.8 Å². The molecule has 0 aliphatic rings. The lowest BCUT2D eigenvalue weighted by Crippen LogP contribution is -2.25. The normalized spacial score (nSPS) is 10.8. The van der Waals surface area contributed by atoms with Crippen molar-refractivity contribution >= 4 is 35.8 Å². The van der Waals surface area contributed by atoms with Crippen molar-refractivity contribution in [1.29, 1.82) is 0 Å². The number of hydrogen-bond donors (Lipinski definition) is 2. The first kappa shape index (κ1) is 13.2. The van der Waals surface area contributed by atoms with Gasteiger partial charge in [-0.2, -0.15) is 17.7 Å². The summed E-state index contributed by atoms with van der Waals surface area (Å²) in [5, 5.41) is 7.42. The Morgan fingerprint density at radius 3 is 3.11 bits per heavy atom.